The van der Waals surface area contributed by atoms with Crippen molar-refractivity contribution < 1.29 is 24.9 Å². The Kier molecular flexibility index (Phi) is 7.55. The van der Waals surface area contributed by atoms with Gasteiger partial charge in [-0.05, 0) is 98.5 Å². The summed E-state index contributed by atoms with van der Waals surface area (Å²) in [6, 6.07) is 6.89. The number of cyclic esters (lactones) is 1. The van der Waals surface area contributed by atoms with Crippen LogP contribution in [0.5, 0.6) is 0 Å². The van der Waals surface area contributed by atoms with Crippen molar-refractivity contribution >= 4 is 17.6 Å². The van der Waals surface area contributed by atoms with Crippen LogP contribution in [-0.2, 0) is 14.3 Å². The highest BCUT2D eigenvalue weighted by atomic mass is 19.1. The van der Waals surface area contributed by atoms with Crippen LogP contribution in [-0.4, -0.2) is 30.8 Å². The smallest absolute Gasteiger partial charge is 0.407 e. The zero-order valence-corrected chi connectivity index (χ0v) is 22.0. The van der Waals surface area contributed by atoms with Crippen LogP contribution in [0.2, 0.25) is 0 Å². The van der Waals surface area contributed by atoms with Gasteiger partial charge >= 0.3 is 12.1 Å². The number of ether oxygens (including phenoxy) is 2. The average Bonchev–Trinajstić information content (AvgIpc) is 3.14. The number of nitrogens with one attached hydrogen (secondary N) is 1. The Balaban J connectivity index is 0.00000336. The predicted octanol–water partition coefficient (Wildman–Crippen LogP) is 6.71. The molecule has 0 radical (unpaired) electrons. The van der Waals surface area contributed by atoms with Crippen LogP contribution in [0, 0.1) is 41.3 Å². The van der Waals surface area contributed by atoms with Gasteiger partial charge in [0, 0.05) is 13.4 Å². The van der Waals surface area contributed by atoms with Crippen molar-refractivity contribution in [2.45, 2.75) is 65.0 Å². The van der Waals surface area contributed by atoms with Gasteiger partial charge in [-0.25, -0.2) is 9.18 Å². The van der Waals surface area contributed by atoms with Gasteiger partial charge in [-0.2, -0.15) is 0 Å². The molecule has 1 aromatic carbocycles. The highest BCUT2D eigenvalue weighted by Gasteiger charge is 2.54. The maximum atomic E-state index is 13.8. The molecule has 1 aliphatic heterocycles. The first-order chi connectivity index (χ1) is 17.8. The highest BCUT2D eigenvalue weighted by Crippen LogP contribution is 2.53. The van der Waals surface area contributed by atoms with Crippen LogP contribution in [0.25, 0.3) is 5.57 Å². The van der Waals surface area contributed by atoms with E-state index in [-0.39, 0.29) is 55.1 Å². The fourth-order valence-corrected chi connectivity index (χ4v) is 7.39. The topological polar surface area (TPSA) is 64.6 Å². The zero-order valence-electron chi connectivity index (χ0n) is 22.0. The number of benzene rings is 1. The summed E-state index contributed by atoms with van der Waals surface area (Å²) in [5.74, 6) is 1.23. The number of amides is 1. The number of allylic oxidation sites excluding steroid dienone is 6. The Morgan fingerprint density at radius 3 is 2.84 bits per heavy atom. The van der Waals surface area contributed by atoms with Gasteiger partial charge in [-0.1, -0.05) is 43.4 Å². The van der Waals surface area contributed by atoms with E-state index in [1.165, 1.54) is 11.6 Å². The lowest BCUT2D eigenvalue weighted by Crippen LogP contribution is -2.48. The van der Waals surface area contributed by atoms with E-state index in [1.807, 2.05) is 19.9 Å². The second-order valence-corrected chi connectivity index (χ2v) is 11.3. The second kappa shape index (κ2) is 10.8. The number of halogens is 1. The Morgan fingerprint density at radius 1 is 1.24 bits per heavy atom. The second-order valence-electron chi connectivity index (χ2n) is 11.3. The van der Waals surface area contributed by atoms with E-state index in [2.05, 4.69) is 36.5 Å². The molecule has 3 fully saturated rings. The lowest BCUT2D eigenvalue weighted by molar-refractivity contribution is -0.144. The van der Waals surface area contributed by atoms with E-state index in [0.29, 0.717) is 18.4 Å². The van der Waals surface area contributed by atoms with Crippen molar-refractivity contribution in [3.05, 3.63) is 65.5 Å². The van der Waals surface area contributed by atoms with E-state index < -0.39 is 0 Å². The molecule has 0 aromatic heterocycles. The predicted molar refractivity (Wildman–Crippen MR) is 143 cm³/mol. The molecule has 1 saturated heterocycles. The Morgan fingerprint density at radius 2 is 2.08 bits per heavy atom. The van der Waals surface area contributed by atoms with Crippen LogP contribution >= 0.6 is 0 Å². The monoisotopic (exact) mass is 509 g/mol. The number of hydrogen-bond acceptors (Lipinski definition) is 4. The average molecular weight is 510 g/mol. The zero-order chi connectivity index (χ0) is 26.1. The number of fused-ring (bicyclic) bond motifs is 2. The summed E-state index contributed by atoms with van der Waals surface area (Å²) in [6.07, 6.45) is 13.0. The quantitative estimate of drug-likeness (QED) is 0.448. The number of carbonyl (C=O) groups is 2. The standard InChI is InChI=1S/C31H38FNO4.H2/c1-4-36-31(35)33-24-10-13-26-22(16-24)17-28-29(19(3)37-30(28)34)27(26)12-9-20-8-11-25(18(2)14-20)21-6-5-7-23(32)15-21;/h5-9,11-12,15,18-19,22,24,26-29H,4,10,13-14,16-17H2,1-3H3,(H,33,35);1H/b12-9+;/t18?,19-,22-,24-,26+,27-,28-,29-;/m0./s1. The van der Waals surface area contributed by atoms with E-state index in [9.17, 15) is 14.0 Å². The van der Waals surface area contributed by atoms with Crippen molar-refractivity contribution in [3.63, 3.8) is 0 Å². The summed E-state index contributed by atoms with van der Waals surface area (Å²) >= 11 is 0. The Bertz CT molecular complexity index is 1130. The molecule has 1 aromatic rings. The van der Waals surface area contributed by atoms with Crippen LogP contribution in [0.4, 0.5) is 9.18 Å². The van der Waals surface area contributed by atoms with Crippen molar-refractivity contribution in [1.29, 1.82) is 0 Å². The number of alkyl carbamates (subject to hydrolysis) is 1. The maximum Gasteiger partial charge on any atom is 0.407 e. The van der Waals surface area contributed by atoms with E-state index in [4.69, 9.17) is 9.47 Å². The van der Waals surface area contributed by atoms with E-state index in [0.717, 1.165) is 43.2 Å². The maximum absolute atomic E-state index is 13.8. The molecule has 1 heterocycles. The first-order valence-corrected chi connectivity index (χ1v) is 13.8. The Hall–Kier alpha value is -2.89. The fourth-order valence-electron chi connectivity index (χ4n) is 7.39. The summed E-state index contributed by atoms with van der Waals surface area (Å²) in [5.41, 5.74) is 3.35. The molecule has 2 saturated carbocycles. The number of rotatable bonds is 5. The molecule has 5 nitrogen and oxygen atoms in total. The van der Waals surface area contributed by atoms with Crippen molar-refractivity contribution in [2.24, 2.45) is 35.5 Å². The molecule has 1 N–H and O–H groups in total. The molecule has 37 heavy (non-hydrogen) atoms. The lowest BCUT2D eigenvalue weighted by atomic mass is 9.57. The lowest BCUT2D eigenvalue weighted by Gasteiger charge is -2.47. The summed E-state index contributed by atoms with van der Waals surface area (Å²) in [4.78, 5) is 24.7. The molecule has 0 bridgehead atoms. The van der Waals surface area contributed by atoms with Gasteiger partial charge in [-0.15, -0.1) is 0 Å². The van der Waals surface area contributed by atoms with Crippen LogP contribution < -0.4 is 5.32 Å². The van der Waals surface area contributed by atoms with Crippen molar-refractivity contribution in [1.82, 2.24) is 5.32 Å². The third-order valence-corrected chi connectivity index (χ3v) is 8.99. The highest BCUT2D eigenvalue weighted by molar-refractivity contribution is 5.75. The number of esters is 1. The minimum Gasteiger partial charge on any atom is -0.462 e. The molecule has 5 rings (SSSR count). The van der Waals surface area contributed by atoms with Gasteiger partial charge in [0.25, 0.3) is 0 Å². The normalized spacial score (nSPS) is 35.2. The van der Waals surface area contributed by atoms with Crippen molar-refractivity contribution in [2.75, 3.05) is 6.61 Å². The first-order valence-electron chi connectivity index (χ1n) is 13.8. The molecule has 1 amide bonds. The molecule has 3 aliphatic carbocycles. The Labute approximate surface area is 220 Å². The summed E-state index contributed by atoms with van der Waals surface area (Å²) < 4.78 is 24.6. The molecule has 0 spiro atoms. The minimum atomic E-state index is -0.353. The molecule has 6 heteroatoms. The third-order valence-electron chi connectivity index (χ3n) is 8.99. The van der Waals surface area contributed by atoms with Crippen LogP contribution in [0.15, 0.2) is 54.1 Å². The van der Waals surface area contributed by atoms with Crippen LogP contribution in [0.1, 0.15) is 59.9 Å². The first kappa shape index (κ1) is 25.7. The SMILES string of the molecule is CCOC(=O)N[C@H]1CC[C@@H]2[C@@H](C1)C[C@@H]1C(=O)O[C@@H](C)[C@H]1[C@H]2/C=C/C1=CC=C(c2cccc(F)c2)C(C)C1.[HH]. The van der Waals surface area contributed by atoms with Gasteiger partial charge in [0.05, 0.1) is 12.5 Å². The van der Waals surface area contributed by atoms with E-state index in [1.54, 1.807) is 12.1 Å². The van der Waals surface area contributed by atoms with Gasteiger partial charge in [0.15, 0.2) is 0 Å². The summed E-state index contributed by atoms with van der Waals surface area (Å²) in [6.45, 7) is 6.39. The molecule has 1 unspecified atom stereocenters. The summed E-state index contributed by atoms with van der Waals surface area (Å²) in [7, 11) is 0. The molecular formula is C31H40FNO4. The van der Waals surface area contributed by atoms with Gasteiger partial charge in [0.2, 0.25) is 0 Å². The third kappa shape index (κ3) is 5.39. The molecule has 8 atom stereocenters. The summed E-state index contributed by atoms with van der Waals surface area (Å²) in [5, 5.41) is 3.02. The van der Waals surface area contributed by atoms with E-state index >= 15 is 0 Å². The van der Waals surface area contributed by atoms with Crippen LogP contribution in [0.3, 0.4) is 0 Å². The number of carbonyl (C=O) groups excluding carboxylic acids is 2. The largest absolute Gasteiger partial charge is 0.462 e. The molecule has 200 valence electrons. The van der Waals surface area contributed by atoms with Gasteiger partial charge < -0.3 is 14.8 Å². The number of hydrogen-bond donors (Lipinski definition) is 1. The van der Waals surface area contributed by atoms with Crippen molar-refractivity contribution in [3.8, 4) is 0 Å². The van der Waals surface area contributed by atoms with Gasteiger partial charge in [0.1, 0.15) is 11.9 Å². The molecule has 4 aliphatic rings. The molecular weight excluding hydrogens is 469 g/mol. The fraction of sp³-hybridized carbons (Fsp3) is 0.548. The van der Waals surface area contributed by atoms with Gasteiger partial charge in [-0.3, -0.25) is 4.79 Å². The minimum absolute atomic E-state index is 0.